The normalized spacial score (nSPS) is 18.1. The van der Waals surface area contributed by atoms with Crippen LogP contribution in [0.15, 0.2) is 18.2 Å². The number of methoxy groups -OCH3 is 2. The smallest absolute Gasteiger partial charge is 0.223 e. The summed E-state index contributed by atoms with van der Waals surface area (Å²) in [6.45, 7) is 2.85. The fourth-order valence-corrected chi connectivity index (χ4v) is 3.59. The summed E-state index contributed by atoms with van der Waals surface area (Å²) in [5.74, 6) is 2.72. The third-order valence-electron chi connectivity index (χ3n) is 3.33. The van der Waals surface area contributed by atoms with E-state index in [2.05, 4.69) is 0 Å². The van der Waals surface area contributed by atoms with Crippen molar-refractivity contribution < 1.29 is 14.3 Å². The maximum atomic E-state index is 12.2. The number of carbonyl (C=O) groups excluding carboxylic acids is 1. The van der Waals surface area contributed by atoms with E-state index in [9.17, 15) is 4.79 Å². The molecule has 0 saturated carbocycles. The topological polar surface area (TPSA) is 38.8 Å². The summed E-state index contributed by atoms with van der Waals surface area (Å²) < 4.78 is 10.6. The van der Waals surface area contributed by atoms with Crippen LogP contribution in [0.25, 0.3) is 0 Å². The van der Waals surface area contributed by atoms with E-state index in [1.165, 1.54) is 0 Å². The van der Waals surface area contributed by atoms with Gasteiger partial charge < -0.3 is 14.4 Å². The lowest BCUT2D eigenvalue weighted by Crippen LogP contribution is -2.30. The molecule has 1 atom stereocenters. The predicted octanol–water partition coefficient (Wildman–Crippen LogP) is 3.08. The highest BCUT2D eigenvalue weighted by Crippen LogP contribution is 2.40. The molecule has 110 valence electrons. The summed E-state index contributed by atoms with van der Waals surface area (Å²) in [6.07, 6.45) is 1.49. The van der Waals surface area contributed by atoms with Crippen LogP contribution in [0.5, 0.6) is 11.5 Å². The third kappa shape index (κ3) is 3.20. The standard InChI is InChI=1S/C15H21NO3S/c1-4-5-14(17)16-6-7-20-15(16)11-8-12(18-2)10-13(9-11)19-3/h8-10,15H,4-7H2,1-3H3/t15-/m0/s1. The van der Waals surface area contributed by atoms with Crippen molar-refractivity contribution in [3.63, 3.8) is 0 Å². The average Bonchev–Trinajstić information content (AvgIpc) is 2.96. The minimum atomic E-state index is 0.0676. The molecule has 1 aliphatic rings. The van der Waals surface area contributed by atoms with Gasteiger partial charge in [-0.15, -0.1) is 11.8 Å². The molecule has 1 heterocycles. The van der Waals surface area contributed by atoms with Crippen molar-refractivity contribution in [1.29, 1.82) is 0 Å². The largest absolute Gasteiger partial charge is 0.497 e. The molecule has 0 unspecified atom stereocenters. The molecule has 0 spiro atoms. The van der Waals surface area contributed by atoms with Crippen LogP contribution in [0.1, 0.15) is 30.7 Å². The Bertz CT molecular complexity index is 456. The van der Waals surface area contributed by atoms with Gasteiger partial charge in [-0.2, -0.15) is 0 Å². The Morgan fingerprint density at radius 2 is 1.95 bits per heavy atom. The Labute approximate surface area is 124 Å². The number of nitrogens with zero attached hydrogens (tertiary/aromatic N) is 1. The predicted molar refractivity (Wildman–Crippen MR) is 81.4 cm³/mol. The molecule has 1 amide bonds. The van der Waals surface area contributed by atoms with Gasteiger partial charge in [0.05, 0.1) is 14.2 Å². The Morgan fingerprint density at radius 3 is 2.50 bits per heavy atom. The molecule has 1 fully saturated rings. The molecule has 1 aromatic carbocycles. The van der Waals surface area contributed by atoms with Crippen LogP contribution in [0.2, 0.25) is 0 Å². The van der Waals surface area contributed by atoms with Crippen LogP contribution in [-0.2, 0) is 4.79 Å². The Kier molecular flexibility index (Phi) is 5.17. The molecular weight excluding hydrogens is 274 g/mol. The number of amides is 1. The highest BCUT2D eigenvalue weighted by Gasteiger charge is 2.30. The summed E-state index contributed by atoms with van der Waals surface area (Å²) in [4.78, 5) is 14.1. The van der Waals surface area contributed by atoms with Crippen molar-refractivity contribution in [3.05, 3.63) is 23.8 Å². The number of hydrogen-bond acceptors (Lipinski definition) is 4. The number of carbonyl (C=O) groups is 1. The van der Waals surface area contributed by atoms with Crippen molar-refractivity contribution in [3.8, 4) is 11.5 Å². The van der Waals surface area contributed by atoms with Gasteiger partial charge in [-0.25, -0.2) is 0 Å². The van der Waals surface area contributed by atoms with E-state index in [0.29, 0.717) is 6.42 Å². The number of thioether (sulfide) groups is 1. The van der Waals surface area contributed by atoms with E-state index >= 15 is 0 Å². The highest BCUT2D eigenvalue weighted by atomic mass is 32.2. The van der Waals surface area contributed by atoms with Crippen LogP contribution < -0.4 is 9.47 Å². The number of ether oxygens (including phenoxy) is 2. The molecule has 4 nitrogen and oxygen atoms in total. The van der Waals surface area contributed by atoms with Crippen molar-refractivity contribution in [2.45, 2.75) is 25.1 Å². The van der Waals surface area contributed by atoms with Gasteiger partial charge in [0.25, 0.3) is 0 Å². The van der Waals surface area contributed by atoms with Crippen LogP contribution in [0.3, 0.4) is 0 Å². The fourth-order valence-electron chi connectivity index (χ4n) is 2.33. The minimum absolute atomic E-state index is 0.0676. The molecule has 0 bridgehead atoms. The first-order valence-electron chi connectivity index (χ1n) is 6.83. The monoisotopic (exact) mass is 295 g/mol. The van der Waals surface area contributed by atoms with Crippen molar-refractivity contribution in [2.75, 3.05) is 26.5 Å². The Morgan fingerprint density at radius 1 is 1.30 bits per heavy atom. The summed E-state index contributed by atoms with van der Waals surface area (Å²) in [7, 11) is 3.28. The fraction of sp³-hybridized carbons (Fsp3) is 0.533. The van der Waals surface area contributed by atoms with Gasteiger partial charge >= 0.3 is 0 Å². The van der Waals surface area contributed by atoms with Crippen LogP contribution >= 0.6 is 11.8 Å². The third-order valence-corrected chi connectivity index (χ3v) is 4.59. The Hall–Kier alpha value is -1.36. The zero-order valence-corrected chi connectivity index (χ0v) is 13.0. The van der Waals surface area contributed by atoms with Gasteiger partial charge in [-0.3, -0.25) is 4.79 Å². The minimum Gasteiger partial charge on any atom is -0.497 e. The summed E-state index contributed by atoms with van der Waals surface area (Å²) in [6, 6.07) is 5.82. The van der Waals surface area contributed by atoms with E-state index in [4.69, 9.17) is 9.47 Å². The number of hydrogen-bond donors (Lipinski definition) is 0. The van der Waals surface area contributed by atoms with Crippen LogP contribution in [0.4, 0.5) is 0 Å². The van der Waals surface area contributed by atoms with Gasteiger partial charge in [0.2, 0.25) is 5.91 Å². The lowest BCUT2D eigenvalue weighted by Gasteiger charge is -2.24. The molecule has 0 aliphatic carbocycles. The van der Waals surface area contributed by atoms with E-state index in [0.717, 1.165) is 35.8 Å². The lowest BCUT2D eigenvalue weighted by atomic mass is 10.1. The molecule has 2 rings (SSSR count). The average molecular weight is 295 g/mol. The Balaban J connectivity index is 2.27. The second-order valence-corrected chi connectivity index (χ2v) is 5.89. The number of benzene rings is 1. The molecule has 20 heavy (non-hydrogen) atoms. The molecule has 0 N–H and O–H groups in total. The first-order valence-corrected chi connectivity index (χ1v) is 7.88. The number of rotatable bonds is 5. The van der Waals surface area contributed by atoms with E-state index in [-0.39, 0.29) is 11.3 Å². The quantitative estimate of drug-likeness (QED) is 0.837. The molecular formula is C15H21NO3S. The van der Waals surface area contributed by atoms with E-state index in [1.807, 2.05) is 30.0 Å². The van der Waals surface area contributed by atoms with Crippen molar-refractivity contribution >= 4 is 17.7 Å². The first kappa shape index (κ1) is 15.0. The molecule has 5 heteroatoms. The maximum Gasteiger partial charge on any atom is 0.223 e. The second kappa shape index (κ2) is 6.88. The molecule has 0 aromatic heterocycles. The lowest BCUT2D eigenvalue weighted by molar-refractivity contribution is -0.131. The van der Waals surface area contributed by atoms with Crippen LogP contribution in [0, 0.1) is 0 Å². The molecule has 1 aromatic rings. The van der Waals surface area contributed by atoms with Crippen LogP contribution in [-0.4, -0.2) is 37.3 Å². The van der Waals surface area contributed by atoms with Gasteiger partial charge in [0, 0.05) is 24.8 Å². The zero-order valence-electron chi connectivity index (χ0n) is 12.2. The summed E-state index contributed by atoms with van der Waals surface area (Å²) >= 11 is 1.79. The summed E-state index contributed by atoms with van der Waals surface area (Å²) in [5, 5.41) is 0.0676. The SMILES string of the molecule is CCCC(=O)N1CCS[C@H]1c1cc(OC)cc(OC)c1. The van der Waals surface area contributed by atoms with Crippen molar-refractivity contribution in [2.24, 2.45) is 0 Å². The molecule has 1 saturated heterocycles. The first-order chi connectivity index (χ1) is 9.69. The van der Waals surface area contributed by atoms with E-state index in [1.54, 1.807) is 26.0 Å². The zero-order chi connectivity index (χ0) is 14.5. The highest BCUT2D eigenvalue weighted by molar-refractivity contribution is 7.99. The van der Waals surface area contributed by atoms with Gasteiger partial charge in [0.1, 0.15) is 16.9 Å². The molecule has 0 radical (unpaired) electrons. The maximum absolute atomic E-state index is 12.2. The van der Waals surface area contributed by atoms with Crippen molar-refractivity contribution in [1.82, 2.24) is 4.90 Å². The summed E-state index contributed by atoms with van der Waals surface area (Å²) in [5.41, 5.74) is 1.06. The van der Waals surface area contributed by atoms with Gasteiger partial charge in [0.15, 0.2) is 0 Å². The van der Waals surface area contributed by atoms with Gasteiger partial charge in [-0.1, -0.05) is 6.92 Å². The van der Waals surface area contributed by atoms with E-state index < -0.39 is 0 Å². The molecule has 1 aliphatic heterocycles. The van der Waals surface area contributed by atoms with Gasteiger partial charge in [-0.05, 0) is 24.1 Å². The second-order valence-electron chi connectivity index (χ2n) is 4.71.